The number of fused-ring (bicyclic) bond motifs is 3. The number of benzene rings is 2. The Labute approximate surface area is 163 Å². The fourth-order valence-corrected chi connectivity index (χ4v) is 4.70. The van der Waals surface area contributed by atoms with E-state index in [-0.39, 0.29) is 10.8 Å². The number of carbonyl (C=O) groups is 2. The molecule has 2 amide bonds. The summed E-state index contributed by atoms with van der Waals surface area (Å²) >= 11 is 1.46. The molecule has 0 radical (unpaired) electrons. The van der Waals surface area contributed by atoms with Crippen molar-refractivity contribution in [1.29, 1.82) is 0 Å². The van der Waals surface area contributed by atoms with E-state index in [1.54, 1.807) is 29.9 Å². The van der Waals surface area contributed by atoms with Gasteiger partial charge in [-0.05, 0) is 30.3 Å². The van der Waals surface area contributed by atoms with Gasteiger partial charge in [-0.2, -0.15) is 0 Å². The second-order valence-electron chi connectivity index (χ2n) is 6.07. The van der Waals surface area contributed by atoms with Crippen molar-refractivity contribution in [2.75, 3.05) is 10.6 Å². The van der Waals surface area contributed by atoms with Gasteiger partial charge in [-0.3, -0.25) is 9.59 Å². The summed E-state index contributed by atoms with van der Waals surface area (Å²) in [5.41, 5.74) is 3.88. The number of hydrogen-bond donors (Lipinski definition) is 3. The molecule has 3 N–H and O–H groups in total. The van der Waals surface area contributed by atoms with Crippen LogP contribution in [0.25, 0.3) is 22.5 Å². The number of nitrogens with one attached hydrogen (secondary N) is 3. The molecule has 0 atom stereocenters. The summed E-state index contributed by atoms with van der Waals surface area (Å²) in [5.74, 6) is -0.811. The van der Waals surface area contributed by atoms with Crippen molar-refractivity contribution in [2.45, 2.75) is 11.8 Å². The van der Waals surface area contributed by atoms with Crippen LogP contribution in [0, 0.1) is 0 Å². The largest absolute Gasteiger partial charge is 0.361 e. The van der Waals surface area contributed by atoms with Crippen LogP contribution in [-0.4, -0.2) is 25.2 Å². The molecule has 28 heavy (non-hydrogen) atoms. The molecule has 1 aliphatic heterocycles. The van der Waals surface area contributed by atoms with E-state index in [9.17, 15) is 18.0 Å². The van der Waals surface area contributed by atoms with Crippen molar-refractivity contribution in [1.82, 2.24) is 9.71 Å². The van der Waals surface area contributed by atoms with E-state index in [1.165, 1.54) is 23.5 Å². The monoisotopic (exact) mass is 414 g/mol. The number of anilines is 2. The molecule has 0 spiro atoms. The first-order chi connectivity index (χ1) is 13.3. The molecule has 3 aromatic rings. The number of amides is 2. The van der Waals surface area contributed by atoms with E-state index in [0.717, 1.165) is 33.3 Å². The molecule has 0 saturated heterocycles. The summed E-state index contributed by atoms with van der Waals surface area (Å²) < 4.78 is 26.8. The maximum absolute atomic E-state index is 12.0. The third kappa shape index (κ3) is 3.35. The van der Waals surface area contributed by atoms with Gasteiger partial charge in [0.1, 0.15) is 0 Å². The summed E-state index contributed by atoms with van der Waals surface area (Å²) in [4.78, 5) is 27.0. The van der Waals surface area contributed by atoms with Crippen LogP contribution in [0.15, 0.2) is 40.7 Å². The second-order valence-corrected chi connectivity index (χ2v) is 8.60. The molecular formula is C18H14N4O4S2. The first-order valence-corrected chi connectivity index (χ1v) is 10.5. The molecule has 1 aromatic heterocycles. The van der Waals surface area contributed by atoms with Gasteiger partial charge in [0, 0.05) is 35.3 Å². The minimum Gasteiger partial charge on any atom is -0.361 e. The van der Waals surface area contributed by atoms with Crippen molar-refractivity contribution in [3.05, 3.63) is 46.3 Å². The molecule has 0 unspecified atom stereocenters. The first-order valence-electron chi connectivity index (χ1n) is 8.12. The predicted octanol–water partition coefficient (Wildman–Crippen LogP) is 0.704. The summed E-state index contributed by atoms with van der Waals surface area (Å²) in [6.07, 6.45) is 3.30. The van der Waals surface area contributed by atoms with Gasteiger partial charge in [0.05, 0.1) is 26.3 Å². The lowest BCUT2D eigenvalue weighted by Gasteiger charge is -2.06. The average molecular weight is 414 g/mol. The zero-order chi connectivity index (χ0) is 19.9. The number of hydrogen-bond acceptors (Lipinski definition) is 7. The molecule has 1 aliphatic rings. The molecule has 10 heteroatoms. The zero-order valence-corrected chi connectivity index (χ0v) is 16.1. The van der Waals surface area contributed by atoms with Crippen LogP contribution in [0.2, 0.25) is 0 Å². The van der Waals surface area contributed by atoms with E-state index in [2.05, 4.69) is 15.6 Å². The number of sulfonamides is 1. The summed E-state index contributed by atoms with van der Waals surface area (Å²) in [6, 6.07) is 7.82. The van der Waals surface area contributed by atoms with Crippen molar-refractivity contribution in [3.8, 4) is 0 Å². The van der Waals surface area contributed by atoms with Gasteiger partial charge in [0.25, 0.3) is 10.0 Å². The maximum Gasteiger partial charge on any atom is 0.264 e. The van der Waals surface area contributed by atoms with Crippen LogP contribution >= 0.6 is 11.3 Å². The molecule has 4 rings (SSSR count). The fourth-order valence-electron chi connectivity index (χ4n) is 2.86. The Morgan fingerprint density at radius 2 is 2.00 bits per heavy atom. The van der Waals surface area contributed by atoms with Crippen molar-refractivity contribution < 1.29 is 18.0 Å². The van der Waals surface area contributed by atoms with Gasteiger partial charge in [-0.15, -0.1) is 11.3 Å². The highest BCUT2D eigenvalue weighted by atomic mass is 32.2. The van der Waals surface area contributed by atoms with Crippen molar-refractivity contribution in [2.24, 2.45) is 0 Å². The van der Waals surface area contributed by atoms with Gasteiger partial charge in [0.2, 0.25) is 11.8 Å². The van der Waals surface area contributed by atoms with E-state index in [0.29, 0.717) is 5.69 Å². The Bertz CT molecular complexity index is 1340. The number of thiazole rings is 1. The van der Waals surface area contributed by atoms with Gasteiger partial charge in [0.15, 0.2) is 0 Å². The Kier molecular flexibility index (Phi) is 4.36. The minimum absolute atomic E-state index is 0.00841. The Morgan fingerprint density at radius 3 is 2.71 bits per heavy atom. The lowest BCUT2D eigenvalue weighted by Crippen LogP contribution is -2.28. The van der Waals surface area contributed by atoms with E-state index < -0.39 is 15.9 Å². The molecule has 0 saturated carbocycles. The van der Waals surface area contributed by atoms with Gasteiger partial charge in [-0.1, -0.05) is 0 Å². The number of nitrogens with zero attached hydrogens (tertiary/aromatic N) is 1. The van der Waals surface area contributed by atoms with Crippen LogP contribution in [0.5, 0.6) is 0 Å². The summed E-state index contributed by atoms with van der Waals surface area (Å²) in [7, 11) is -3.87. The fraction of sp³-hybridized carbons (Fsp3) is 0.0556. The third-order valence-electron chi connectivity index (χ3n) is 4.05. The third-order valence-corrected chi connectivity index (χ3v) is 6.35. The van der Waals surface area contributed by atoms with E-state index >= 15 is 0 Å². The molecular weight excluding hydrogens is 400 g/mol. The lowest BCUT2D eigenvalue weighted by molar-refractivity contribution is -0.117. The lowest BCUT2D eigenvalue weighted by atomic mass is 10.2. The maximum atomic E-state index is 12.0. The van der Waals surface area contributed by atoms with Gasteiger partial charge in [-0.25, -0.2) is 18.1 Å². The van der Waals surface area contributed by atoms with Crippen LogP contribution in [-0.2, 0) is 19.6 Å². The number of rotatable bonds is 4. The minimum atomic E-state index is -3.87. The van der Waals surface area contributed by atoms with Crippen LogP contribution in [0.4, 0.5) is 11.4 Å². The standard InChI is InChI=1S/C18H14N4O4S2/c1-10(23)22-28(25,26)13-4-2-12(3-5-13)19-8-11-6-15-14(7-16(24)21-15)18-17(11)20-9-27-18/h2-9,19H,1H3,(H,21,24)(H,22,23)/b11-8-. The van der Waals surface area contributed by atoms with Crippen LogP contribution in [0.1, 0.15) is 6.92 Å². The molecule has 142 valence electrons. The first kappa shape index (κ1) is 18.1. The van der Waals surface area contributed by atoms with Crippen LogP contribution < -0.4 is 25.8 Å². The van der Waals surface area contributed by atoms with Crippen LogP contribution in [0.3, 0.4) is 0 Å². The normalized spacial score (nSPS) is 13.8. The summed E-state index contributed by atoms with van der Waals surface area (Å²) in [5, 5.41) is 7.52. The Balaban J connectivity index is 1.65. The highest BCUT2D eigenvalue weighted by molar-refractivity contribution is 7.90. The van der Waals surface area contributed by atoms with E-state index in [4.69, 9.17) is 0 Å². The van der Waals surface area contributed by atoms with Crippen molar-refractivity contribution >= 4 is 67.0 Å². The second kappa shape index (κ2) is 6.73. The molecule has 0 bridgehead atoms. The Morgan fingerprint density at radius 1 is 1.25 bits per heavy atom. The van der Waals surface area contributed by atoms with Crippen molar-refractivity contribution in [3.63, 3.8) is 0 Å². The zero-order valence-electron chi connectivity index (χ0n) is 14.5. The summed E-state index contributed by atoms with van der Waals surface area (Å²) in [6.45, 7) is 1.14. The number of aromatic nitrogens is 1. The molecule has 2 heterocycles. The molecule has 2 aromatic carbocycles. The highest BCUT2D eigenvalue weighted by Crippen LogP contribution is 2.17. The SMILES string of the molecule is CC(=O)NS(=O)(=O)c1ccc(N/C=c2/cc3c(c4scnc24)=CC(=O)N3)cc1. The van der Waals surface area contributed by atoms with Gasteiger partial charge < -0.3 is 10.6 Å². The molecule has 8 nitrogen and oxygen atoms in total. The quantitative estimate of drug-likeness (QED) is 0.579. The molecule has 0 fully saturated rings. The predicted molar refractivity (Wildman–Crippen MR) is 107 cm³/mol. The van der Waals surface area contributed by atoms with Gasteiger partial charge >= 0.3 is 0 Å². The van der Waals surface area contributed by atoms with E-state index in [1.807, 2.05) is 10.8 Å². The average Bonchev–Trinajstić information content (AvgIpc) is 3.24. The Hall–Kier alpha value is -3.24. The smallest absolute Gasteiger partial charge is 0.264 e. The highest BCUT2D eigenvalue weighted by Gasteiger charge is 2.15. The molecule has 0 aliphatic carbocycles. The number of carbonyl (C=O) groups excluding carboxylic acids is 2. The topological polar surface area (TPSA) is 117 Å².